The molecule has 21 heavy (non-hydrogen) atoms. The first-order valence-corrected chi connectivity index (χ1v) is 7.46. The maximum atomic E-state index is 5.34. The smallest absolute Gasteiger partial charge is 0.167 e. The first kappa shape index (κ1) is 15.5. The number of hydrogen-bond donors (Lipinski definition) is 2. The molecule has 0 aliphatic carbocycles. The topological polar surface area (TPSA) is 59.7 Å². The van der Waals surface area contributed by atoms with Crippen molar-refractivity contribution in [1.82, 2.24) is 30.2 Å². The molecule has 2 aromatic heterocycles. The van der Waals surface area contributed by atoms with Gasteiger partial charge in [0.2, 0.25) is 0 Å². The molecule has 1 unspecified atom stereocenters. The van der Waals surface area contributed by atoms with Crippen LogP contribution in [0.4, 0.5) is 0 Å². The lowest BCUT2D eigenvalue weighted by Crippen LogP contribution is -2.36. The lowest BCUT2D eigenvalue weighted by Gasteiger charge is -2.16. The molecule has 1 atom stereocenters. The molecular formula is C14H22N6S. The highest BCUT2D eigenvalue weighted by molar-refractivity contribution is 7.80. The van der Waals surface area contributed by atoms with Gasteiger partial charge in [-0.05, 0) is 33.0 Å². The van der Waals surface area contributed by atoms with Gasteiger partial charge in [0, 0.05) is 43.7 Å². The van der Waals surface area contributed by atoms with E-state index in [0.29, 0.717) is 11.7 Å². The van der Waals surface area contributed by atoms with Crippen LogP contribution in [0.1, 0.15) is 36.7 Å². The molecule has 0 aromatic carbocycles. The molecule has 0 amide bonds. The number of aryl methyl sites for hydroxylation is 3. The van der Waals surface area contributed by atoms with Crippen LogP contribution >= 0.6 is 12.2 Å². The summed E-state index contributed by atoms with van der Waals surface area (Å²) in [5.74, 6) is 0. The number of nitrogens with zero attached hydrogens (tertiary/aromatic N) is 4. The van der Waals surface area contributed by atoms with Gasteiger partial charge in [-0.1, -0.05) is 0 Å². The Morgan fingerprint density at radius 3 is 2.76 bits per heavy atom. The SMILES string of the molecule is CCn1cc(CNC(=S)NC(C)c2cn(C)nc2C)cn1. The number of thiocarbonyl (C=S) groups is 1. The first-order valence-electron chi connectivity index (χ1n) is 7.05. The van der Waals surface area contributed by atoms with E-state index in [9.17, 15) is 0 Å². The second kappa shape index (κ2) is 6.71. The van der Waals surface area contributed by atoms with Crippen LogP contribution in [0.2, 0.25) is 0 Å². The predicted molar refractivity (Wildman–Crippen MR) is 86.8 cm³/mol. The van der Waals surface area contributed by atoms with Gasteiger partial charge in [-0.2, -0.15) is 10.2 Å². The van der Waals surface area contributed by atoms with Gasteiger partial charge in [0.05, 0.1) is 17.9 Å². The summed E-state index contributed by atoms with van der Waals surface area (Å²) in [5, 5.41) is 15.7. The van der Waals surface area contributed by atoms with Crippen molar-refractivity contribution < 1.29 is 0 Å². The molecule has 6 nitrogen and oxygen atoms in total. The number of nitrogens with one attached hydrogen (secondary N) is 2. The highest BCUT2D eigenvalue weighted by Crippen LogP contribution is 2.15. The van der Waals surface area contributed by atoms with Crippen LogP contribution in [0.25, 0.3) is 0 Å². The molecule has 0 saturated heterocycles. The zero-order valence-electron chi connectivity index (χ0n) is 12.9. The van der Waals surface area contributed by atoms with Gasteiger partial charge in [-0.3, -0.25) is 9.36 Å². The van der Waals surface area contributed by atoms with E-state index < -0.39 is 0 Å². The van der Waals surface area contributed by atoms with Crippen molar-refractivity contribution in [2.24, 2.45) is 7.05 Å². The summed E-state index contributed by atoms with van der Waals surface area (Å²) in [4.78, 5) is 0. The van der Waals surface area contributed by atoms with Crippen molar-refractivity contribution in [3.8, 4) is 0 Å². The maximum absolute atomic E-state index is 5.34. The van der Waals surface area contributed by atoms with E-state index in [0.717, 1.165) is 23.4 Å². The van der Waals surface area contributed by atoms with Crippen LogP contribution in [-0.4, -0.2) is 24.7 Å². The molecule has 7 heteroatoms. The van der Waals surface area contributed by atoms with Crippen molar-refractivity contribution in [1.29, 1.82) is 0 Å². The van der Waals surface area contributed by atoms with Crippen molar-refractivity contribution in [2.45, 2.75) is 39.9 Å². The average molecular weight is 306 g/mol. The van der Waals surface area contributed by atoms with E-state index in [4.69, 9.17) is 12.2 Å². The number of aromatic nitrogens is 4. The van der Waals surface area contributed by atoms with Crippen LogP contribution < -0.4 is 10.6 Å². The highest BCUT2D eigenvalue weighted by Gasteiger charge is 2.12. The third-order valence-electron chi connectivity index (χ3n) is 3.33. The second-order valence-electron chi connectivity index (χ2n) is 5.10. The van der Waals surface area contributed by atoms with Crippen molar-refractivity contribution in [2.75, 3.05) is 0 Å². The summed E-state index contributed by atoms with van der Waals surface area (Å²) < 4.78 is 3.72. The molecule has 2 heterocycles. The number of rotatable bonds is 5. The molecule has 0 bridgehead atoms. The van der Waals surface area contributed by atoms with Gasteiger partial charge >= 0.3 is 0 Å². The number of hydrogen-bond acceptors (Lipinski definition) is 3. The summed E-state index contributed by atoms with van der Waals surface area (Å²) in [5.41, 5.74) is 3.29. The van der Waals surface area contributed by atoms with Gasteiger partial charge in [-0.15, -0.1) is 0 Å². The van der Waals surface area contributed by atoms with Crippen LogP contribution in [-0.2, 0) is 20.1 Å². The van der Waals surface area contributed by atoms with E-state index in [2.05, 4.69) is 34.7 Å². The largest absolute Gasteiger partial charge is 0.359 e. The summed E-state index contributed by atoms with van der Waals surface area (Å²) in [6.07, 6.45) is 5.89. The first-order chi connectivity index (χ1) is 9.99. The molecule has 0 aliphatic rings. The van der Waals surface area contributed by atoms with Crippen LogP contribution in [0.15, 0.2) is 18.6 Å². The molecule has 114 valence electrons. The Kier molecular flexibility index (Phi) is 4.95. The minimum absolute atomic E-state index is 0.122. The Hall–Kier alpha value is -1.89. The predicted octanol–water partition coefficient (Wildman–Crippen LogP) is 1.67. The molecule has 0 saturated carbocycles. The zero-order chi connectivity index (χ0) is 15.4. The Labute approximate surface area is 130 Å². The van der Waals surface area contributed by atoms with Gasteiger partial charge in [0.1, 0.15) is 0 Å². The molecule has 0 fully saturated rings. The molecule has 0 spiro atoms. The molecule has 2 rings (SSSR count). The van der Waals surface area contributed by atoms with E-state index in [1.165, 1.54) is 0 Å². The summed E-state index contributed by atoms with van der Waals surface area (Å²) in [6, 6.07) is 0.122. The Morgan fingerprint density at radius 2 is 2.19 bits per heavy atom. The summed E-state index contributed by atoms with van der Waals surface area (Å²) in [7, 11) is 1.92. The van der Waals surface area contributed by atoms with Crippen LogP contribution in [0, 0.1) is 6.92 Å². The Balaban J connectivity index is 1.85. The van der Waals surface area contributed by atoms with Crippen LogP contribution in [0.3, 0.4) is 0 Å². The molecular weight excluding hydrogens is 284 g/mol. The average Bonchev–Trinajstić information content (AvgIpc) is 3.02. The monoisotopic (exact) mass is 306 g/mol. The van der Waals surface area contributed by atoms with Crippen molar-refractivity contribution >= 4 is 17.3 Å². The third-order valence-corrected chi connectivity index (χ3v) is 3.59. The minimum Gasteiger partial charge on any atom is -0.359 e. The van der Waals surface area contributed by atoms with Gasteiger partial charge in [0.15, 0.2) is 5.11 Å². The standard InChI is InChI=1S/C14H22N6S/c1-5-20-8-12(7-16-20)6-15-14(21)17-10(2)13-9-19(4)18-11(13)3/h7-10H,5-6H2,1-4H3,(H2,15,17,21). The fraction of sp³-hybridized carbons (Fsp3) is 0.500. The fourth-order valence-corrected chi connectivity index (χ4v) is 2.47. The third kappa shape index (κ3) is 4.04. The fourth-order valence-electron chi connectivity index (χ4n) is 2.22. The zero-order valence-corrected chi connectivity index (χ0v) is 13.7. The lowest BCUT2D eigenvalue weighted by atomic mass is 10.1. The molecule has 2 aromatic rings. The Morgan fingerprint density at radius 1 is 1.43 bits per heavy atom. The molecule has 0 aliphatic heterocycles. The van der Waals surface area contributed by atoms with Gasteiger partial charge in [-0.25, -0.2) is 0 Å². The minimum atomic E-state index is 0.122. The second-order valence-corrected chi connectivity index (χ2v) is 5.50. The molecule has 2 N–H and O–H groups in total. The van der Waals surface area contributed by atoms with E-state index in [1.54, 1.807) is 0 Å². The van der Waals surface area contributed by atoms with E-state index >= 15 is 0 Å². The maximum Gasteiger partial charge on any atom is 0.167 e. The van der Waals surface area contributed by atoms with Gasteiger partial charge < -0.3 is 10.6 Å². The highest BCUT2D eigenvalue weighted by atomic mass is 32.1. The Bertz CT molecular complexity index is 615. The van der Waals surface area contributed by atoms with Crippen molar-refractivity contribution in [3.63, 3.8) is 0 Å². The van der Waals surface area contributed by atoms with E-state index in [1.807, 2.05) is 41.9 Å². The van der Waals surface area contributed by atoms with Gasteiger partial charge in [0.25, 0.3) is 0 Å². The quantitative estimate of drug-likeness (QED) is 0.823. The van der Waals surface area contributed by atoms with Crippen molar-refractivity contribution in [3.05, 3.63) is 35.4 Å². The molecule has 0 radical (unpaired) electrons. The summed E-state index contributed by atoms with van der Waals surface area (Å²) >= 11 is 5.34. The van der Waals surface area contributed by atoms with Crippen LogP contribution in [0.5, 0.6) is 0 Å². The summed E-state index contributed by atoms with van der Waals surface area (Å²) in [6.45, 7) is 7.69. The normalized spacial score (nSPS) is 12.2. The lowest BCUT2D eigenvalue weighted by molar-refractivity contribution is 0.658. The van der Waals surface area contributed by atoms with E-state index in [-0.39, 0.29) is 6.04 Å².